The van der Waals surface area contributed by atoms with Gasteiger partial charge in [-0.1, -0.05) is 11.6 Å². The lowest BCUT2D eigenvalue weighted by molar-refractivity contribution is -0.0399. The summed E-state index contributed by atoms with van der Waals surface area (Å²) in [4.78, 5) is 28.5. The standard InChI is InChI=1S/C26H25ClFN9O/c27-18-1-2-22(21(28)11-18)34-25(38)35-9-4-19(5-10-35)36-14-26(15-36,6-7-29)37-13-17(12-33-37)23-20-3-8-30-24(20)32-16-31-23/h1-3,8,11-13,16,19H,4-6,9-10,14-15H2,(H,34,38)(H,30,31,32). The van der Waals surface area contributed by atoms with Crippen LogP contribution in [0.25, 0.3) is 22.3 Å². The number of anilines is 1. The Morgan fingerprint density at radius 3 is 2.84 bits per heavy atom. The molecule has 2 amide bonds. The monoisotopic (exact) mass is 533 g/mol. The number of piperidine rings is 1. The largest absolute Gasteiger partial charge is 0.346 e. The van der Waals surface area contributed by atoms with Crippen LogP contribution in [-0.4, -0.2) is 72.8 Å². The van der Waals surface area contributed by atoms with Crippen LogP contribution in [0, 0.1) is 17.1 Å². The van der Waals surface area contributed by atoms with E-state index in [-0.39, 0.29) is 16.7 Å². The van der Waals surface area contributed by atoms with Crippen LogP contribution in [0.4, 0.5) is 14.9 Å². The Balaban J connectivity index is 1.09. The van der Waals surface area contributed by atoms with E-state index in [2.05, 4.69) is 36.3 Å². The van der Waals surface area contributed by atoms with Gasteiger partial charge in [0.15, 0.2) is 0 Å². The van der Waals surface area contributed by atoms with Gasteiger partial charge in [0, 0.05) is 60.6 Å². The molecule has 6 rings (SSSR count). The first-order valence-electron chi connectivity index (χ1n) is 12.4. The minimum atomic E-state index is -0.561. The fourth-order valence-electron chi connectivity index (χ4n) is 5.48. The topological polar surface area (TPSA) is 119 Å². The molecule has 1 aromatic carbocycles. The zero-order valence-electron chi connectivity index (χ0n) is 20.4. The Morgan fingerprint density at radius 2 is 2.08 bits per heavy atom. The molecule has 38 heavy (non-hydrogen) atoms. The minimum absolute atomic E-state index is 0.114. The highest BCUT2D eigenvalue weighted by Gasteiger charge is 2.48. The Kier molecular flexibility index (Phi) is 6.21. The van der Waals surface area contributed by atoms with Crippen molar-refractivity contribution in [3.8, 4) is 17.3 Å². The van der Waals surface area contributed by atoms with Crippen molar-refractivity contribution in [1.82, 2.24) is 34.5 Å². The summed E-state index contributed by atoms with van der Waals surface area (Å²) in [6, 6.07) is 8.44. The maximum Gasteiger partial charge on any atom is 0.321 e. The van der Waals surface area contributed by atoms with E-state index in [1.54, 1.807) is 17.2 Å². The van der Waals surface area contributed by atoms with Gasteiger partial charge in [0.1, 0.15) is 23.3 Å². The van der Waals surface area contributed by atoms with Crippen LogP contribution in [-0.2, 0) is 5.54 Å². The second-order valence-electron chi connectivity index (χ2n) is 9.87. The van der Waals surface area contributed by atoms with Crippen molar-refractivity contribution >= 4 is 34.4 Å². The first-order chi connectivity index (χ1) is 18.5. The quantitative estimate of drug-likeness (QED) is 0.396. The van der Waals surface area contributed by atoms with Gasteiger partial charge in [-0.3, -0.25) is 9.58 Å². The van der Waals surface area contributed by atoms with Gasteiger partial charge in [0.05, 0.1) is 30.1 Å². The van der Waals surface area contributed by atoms with E-state index in [4.69, 9.17) is 11.6 Å². The molecular weight excluding hydrogens is 509 g/mol. The van der Waals surface area contributed by atoms with Crippen LogP contribution in [0.5, 0.6) is 0 Å². The number of urea groups is 1. The van der Waals surface area contributed by atoms with Crippen molar-refractivity contribution in [3.05, 3.63) is 60.0 Å². The number of hydrogen-bond acceptors (Lipinski definition) is 6. The van der Waals surface area contributed by atoms with Crippen LogP contribution in [0.1, 0.15) is 19.3 Å². The van der Waals surface area contributed by atoms with Crippen LogP contribution in [0.2, 0.25) is 5.02 Å². The number of H-pyrrole nitrogens is 1. The summed E-state index contributed by atoms with van der Waals surface area (Å²) in [6.07, 6.45) is 9.07. The number of amides is 2. The summed E-state index contributed by atoms with van der Waals surface area (Å²) in [5.74, 6) is -0.561. The summed E-state index contributed by atoms with van der Waals surface area (Å²) in [5, 5.41) is 18.1. The van der Waals surface area contributed by atoms with Crippen molar-refractivity contribution in [3.63, 3.8) is 0 Å². The first kappa shape index (κ1) is 24.3. The van der Waals surface area contributed by atoms with E-state index >= 15 is 0 Å². The Morgan fingerprint density at radius 1 is 1.26 bits per heavy atom. The molecule has 0 spiro atoms. The highest BCUT2D eigenvalue weighted by Crippen LogP contribution is 2.37. The van der Waals surface area contributed by atoms with E-state index in [1.165, 1.54) is 18.5 Å². The lowest BCUT2D eigenvalue weighted by Gasteiger charge is -2.53. The normalized spacial score (nSPS) is 17.8. The maximum absolute atomic E-state index is 14.1. The summed E-state index contributed by atoms with van der Waals surface area (Å²) in [5.41, 5.74) is 2.16. The molecule has 5 heterocycles. The Hall–Kier alpha value is -4.01. The summed E-state index contributed by atoms with van der Waals surface area (Å²) in [7, 11) is 0. The van der Waals surface area contributed by atoms with Crippen LogP contribution in [0.3, 0.4) is 0 Å². The highest BCUT2D eigenvalue weighted by molar-refractivity contribution is 6.30. The second kappa shape index (κ2) is 9.70. The van der Waals surface area contributed by atoms with Crippen molar-refractivity contribution in [2.75, 3.05) is 31.5 Å². The number of carbonyl (C=O) groups is 1. The fourth-order valence-corrected chi connectivity index (χ4v) is 5.64. The van der Waals surface area contributed by atoms with Gasteiger partial charge in [-0.25, -0.2) is 19.2 Å². The Labute approximate surface area is 223 Å². The third kappa shape index (κ3) is 4.36. The molecule has 0 aliphatic carbocycles. The summed E-state index contributed by atoms with van der Waals surface area (Å²) in [6.45, 7) is 2.55. The molecule has 2 fully saturated rings. The van der Waals surface area contributed by atoms with Crippen LogP contribution >= 0.6 is 11.6 Å². The molecule has 194 valence electrons. The molecule has 12 heteroatoms. The van der Waals surface area contributed by atoms with Crippen molar-refractivity contribution in [1.29, 1.82) is 5.26 Å². The van der Waals surface area contributed by atoms with E-state index in [0.717, 1.165) is 35.1 Å². The molecule has 2 saturated heterocycles. The first-order valence-corrected chi connectivity index (χ1v) is 12.8. The van der Waals surface area contributed by atoms with Gasteiger partial charge >= 0.3 is 6.03 Å². The van der Waals surface area contributed by atoms with Gasteiger partial charge in [0.2, 0.25) is 0 Å². The number of rotatable bonds is 5. The number of nitriles is 1. The van der Waals surface area contributed by atoms with Gasteiger partial charge < -0.3 is 15.2 Å². The average Bonchev–Trinajstić information content (AvgIpc) is 3.58. The number of aromatic nitrogens is 5. The Bertz CT molecular complexity index is 1530. The summed E-state index contributed by atoms with van der Waals surface area (Å²) < 4.78 is 16.0. The van der Waals surface area contributed by atoms with Crippen molar-refractivity contribution in [2.45, 2.75) is 30.8 Å². The molecule has 4 aromatic rings. The van der Waals surface area contributed by atoms with E-state index in [0.29, 0.717) is 38.6 Å². The molecule has 0 bridgehead atoms. The van der Waals surface area contributed by atoms with Gasteiger partial charge in [-0.05, 0) is 37.1 Å². The molecule has 0 saturated carbocycles. The lowest BCUT2D eigenvalue weighted by atomic mass is 9.84. The molecule has 0 atom stereocenters. The number of aromatic amines is 1. The molecule has 2 aliphatic rings. The number of likely N-dealkylation sites (tertiary alicyclic amines) is 2. The molecule has 0 unspecified atom stereocenters. The third-order valence-corrected chi connectivity index (χ3v) is 7.77. The maximum atomic E-state index is 14.1. The van der Waals surface area contributed by atoms with E-state index < -0.39 is 11.4 Å². The average molecular weight is 534 g/mol. The smallest absolute Gasteiger partial charge is 0.321 e. The van der Waals surface area contributed by atoms with Gasteiger partial charge in [0.25, 0.3) is 0 Å². The van der Waals surface area contributed by atoms with Crippen molar-refractivity contribution in [2.24, 2.45) is 0 Å². The molecule has 3 aromatic heterocycles. The number of nitrogens with zero attached hydrogens (tertiary/aromatic N) is 7. The van der Waals surface area contributed by atoms with Crippen LogP contribution < -0.4 is 5.32 Å². The zero-order chi connectivity index (χ0) is 26.3. The number of hydrogen-bond donors (Lipinski definition) is 2. The highest BCUT2D eigenvalue weighted by atomic mass is 35.5. The summed E-state index contributed by atoms with van der Waals surface area (Å²) >= 11 is 5.79. The molecule has 10 nitrogen and oxygen atoms in total. The van der Waals surface area contributed by atoms with Crippen LogP contribution in [0.15, 0.2) is 49.2 Å². The van der Waals surface area contributed by atoms with E-state index in [9.17, 15) is 14.4 Å². The minimum Gasteiger partial charge on any atom is -0.346 e. The SMILES string of the molecule is N#CCC1(n2cc(-c3ncnc4[nH]ccc34)cn2)CN(C2CCN(C(=O)Nc3ccc(Cl)cc3F)CC2)C1. The lowest BCUT2D eigenvalue weighted by Crippen LogP contribution is -2.66. The second-order valence-corrected chi connectivity index (χ2v) is 10.3. The third-order valence-electron chi connectivity index (χ3n) is 7.54. The van der Waals surface area contributed by atoms with Gasteiger partial charge in [-0.15, -0.1) is 0 Å². The van der Waals surface area contributed by atoms with Crippen molar-refractivity contribution < 1.29 is 9.18 Å². The molecule has 2 aliphatic heterocycles. The zero-order valence-corrected chi connectivity index (χ0v) is 21.2. The number of carbonyl (C=O) groups excluding carboxylic acids is 1. The predicted octanol–water partition coefficient (Wildman–Crippen LogP) is 4.23. The van der Waals surface area contributed by atoms with E-state index in [1.807, 2.05) is 23.1 Å². The molecular formula is C26H25ClFN9O. The number of halogens is 2. The fraction of sp³-hybridized carbons (Fsp3) is 0.346. The number of fused-ring (bicyclic) bond motifs is 1. The van der Waals surface area contributed by atoms with Gasteiger partial charge in [-0.2, -0.15) is 10.4 Å². The predicted molar refractivity (Wildman–Crippen MR) is 140 cm³/mol. The number of nitrogens with one attached hydrogen (secondary N) is 2. The number of benzene rings is 1. The molecule has 0 radical (unpaired) electrons. The molecule has 2 N–H and O–H groups in total.